The summed E-state index contributed by atoms with van der Waals surface area (Å²) >= 11 is 1.57. The average Bonchev–Trinajstić information content (AvgIpc) is 3.28. The molecule has 3 aromatic rings. The molecule has 0 amide bonds. The van der Waals surface area contributed by atoms with Crippen molar-refractivity contribution in [2.75, 3.05) is 27.2 Å². The zero-order valence-corrected chi connectivity index (χ0v) is 23.4. The van der Waals surface area contributed by atoms with Gasteiger partial charge in [-0.1, -0.05) is 42.5 Å². The Morgan fingerprint density at radius 3 is 2.42 bits per heavy atom. The second-order valence-electron chi connectivity index (χ2n) is 10.8. The Bertz CT molecular complexity index is 1240. The van der Waals surface area contributed by atoms with Gasteiger partial charge in [-0.05, 0) is 105 Å². The fourth-order valence-electron chi connectivity index (χ4n) is 5.34. The van der Waals surface area contributed by atoms with Crippen molar-refractivity contribution in [1.29, 1.82) is 0 Å². The van der Waals surface area contributed by atoms with Crippen LogP contribution in [0.2, 0.25) is 0 Å². The number of nitrogens with one attached hydrogen (secondary N) is 1. The Hall–Kier alpha value is -2.84. The van der Waals surface area contributed by atoms with Crippen LogP contribution in [0.25, 0.3) is 11.1 Å². The van der Waals surface area contributed by atoms with Crippen molar-refractivity contribution in [2.45, 2.75) is 49.6 Å². The zero-order valence-electron chi connectivity index (χ0n) is 22.6. The Morgan fingerprint density at radius 2 is 1.76 bits per heavy atom. The number of aliphatic hydroxyl groups is 1. The van der Waals surface area contributed by atoms with Gasteiger partial charge in [0, 0.05) is 23.5 Å². The molecule has 0 aliphatic heterocycles. The van der Waals surface area contributed by atoms with Gasteiger partial charge in [0.2, 0.25) is 0 Å². The molecular weight excluding hydrogens is 496 g/mol. The van der Waals surface area contributed by atoms with E-state index in [0.717, 1.165) is 35.3 Å². The quantitative estimate of drug-likeness (QED) is 0.264. The van der Waals surface area contributed by atoms with Crippen molar-refractivity contribution >= 4 is 17.9 Å². The van der Waals surface area contributed by atoms with Crippen molar-refractivity contribution in [3.8, 4) is 16.9 Å². The van der Waals surface area contributed by atoms with Crippen LogP contribution in [-0.2, 0) is 12.8 Å². The van der Waals surface area contributed by atoms with Crippen LogP contribution in [0.1, 0.15) is 41.8 Å². The zero-order chi connectivity index (χ0) is 27.3. The molecule has 0 heterocycles. The van der Waals surface area contributed by atoms with Gasteiger partial charge in [0.15, 0.2) is 0 Å². The number of methoxy groups -OCH3 is 1. The SMILES string of the molecule is COc1cc(-c2cccc(SN(C)C[C@H](O)CNC(C)(C)CC3Cc4ccccc4C3)c2)ccc1C(=O)O. The lowest BCUT2D eigenvalue weighted by Gasteiger charge is -2.31. The number of rotatable bonds is 12. The van der Waals surface area contributed by atoms with Gasteiger partial charge >= 0.3 is 5.97 Å². The van der Waals surface area contributed by atoms with Crippen molar-refractivity contribution in [3.05, 3.63) is 83.4 Å². The van der Waals surface area contributed by atoms with Gasteiger partial charge in [0.05, 0.1) is 13.2 Å². The molecule has 0 saturated carbocycles. The number of nitrogens with zero attached hydrogens (tertiary/aromatic N) is 1. The normalized spacial score (nSPS) is 14.5. The second kappa shape index (κ2) is 12.3. The van der Waals surface area contributed by atoms with Crippen molar-refractivity contribution in [2.24, 2.45) is 5.92 Å². The molecule has 7 heteroatoms. The van der Waals surface area contributed by atoms with E-state index >= 15 is 0 Å². The maximum atomic E-state index is 11.4. The van der Waals surface area contributed by atoms with Crippen molar-refractivity contribution in [3.63, 3.8) is 0 Å². The van der Waals surface area contributed by atoms with Gasteiger partial charge in [-0.15, -0.1) is 0 Å². The number of hydrogen-bond acceptors (Lipinski definition) is 6. The lowest BCUT2D eigenvalue weighted by Crippen LogP contribution is -2.46. The third-order valence-corrected chi connectivity index (χ3v) is 8.00. The first-order valence-electron chi connectivity index (χ1n) is 13.0. The highest BCUT2D eigenvalue weighted by Gasteiger charge is 2.28. The maximum absolute atomic E-state index is 11.4. The number of β-amino-alcohol motifs (C(OH)–C–C–N with tert-alkyl or cyclic N) is 1. The molecule has 0 aromatic heterocycles. The van der Waals surface area contributed by atoms with Gasteiger partial charge in [-0.2, -0.15) is 0 Å². The molecule has 0 unspecified atom stereocenters. The third kappa shape index (κ3) is 7.38. The van der Waals surface area contributed by atoms with E-state index in [9.17, 15) is 15.0 Å². The minimum absolute atomic E-state index is 0.0506. The van der Waals surface area contributed by atoms with E-state index in [2.05, 4.69) is 49.5 Å². The van der Waals surface area contributed by atoms with E-state index in [1.54, 1.807) is 30.1 Å². The molecule has 3 N–H and O–H groups in total. The summed E-state index contributed by atoms with van der Waals surface area (Å²) in [6.07, 6.45) is 2.85. The highest BCUT2D eigenvalue weighted by atomic mass is 32.2. The number of likely N-dealkylation sites (N-methyl/N-ethyl adjacent to an activating group) is 1. The smallest absolute Gasteiger partial charge is 0.339 e. The monoisotopic (exact) mass is 534 g/mol. The number of aromatic carboxylic acids is 1. The topological polar surface area (TPSA) is 82.0 Å². The van der Waals surface area contributed by atoms with Crippen LogP contribution in [0.15, 0.2) is 71.6 Å². The van der Waals surface area contributed by atoms with E-state index in [-0.39, 0.29) is 11.1 Å². The number of carboxylic acid groups (broad SMARTS) is 1. The molecule has 4 rings (SSSR count). The number of fused-ring (bicyclic) bond motifs is 1. The summed E-state index contributed by atoms with van der Waals surface area (Å²) in [6.45, 7) is 5.51. The summed E-state index contributed by atoms with van der Waals surface area (Å²) in [6, 6.07) is 21.9. The van der Waals surface area contributed by atoms with E-state index in [1.807, 2.05) is 29.6 Å². The first kappa shape index (κ1) is 28.2. The van der Waals surface area contributed by atoms with Crippen LogP contribution in [0, 0.1) is 5.92 Å². The Kier molecular flexibility index (Phi) is 9.15. The summed E-state index contributed by atoms with van der Waals surface area (Å²) in [5.74, 6) is -0.0427. The Labute approximate surface area is 230 Å². The van der Waals surface area contributed by atoms with Gasteiger partial charge in [-0.3, -0.25) is 0 Å². The molecule has 0 saturated heterocycles. The average molecular weight is 535 g/mol. The van der Waals surface area contributed by atoms with Gasteiger partial charge < -0.3 is 20.3 Å². The predicted molar refractivity (Wildman–Crippen MR) is 154 cm³/mol. The number of benzene rings is 3. The summed E-state index contributed by atoms with van der Waals surface area (Å²) in [5.41, 5.74) is 4.90. The summed E-state index contributed by atoms with van der Waals surface area (Å²) < 4.78 is 7.32. The minimum atomic E-state index is -1.01. The molecule has 3 aromatic carbocycles. The fourth-order valence-corrected chi connectivity index (χ4v) is 6.27. The van der Waals surface area contributed by atoms with Crippen LogP contribution < -0.4 is 10.1 Å². The van der Waals surface area contributed by atoms with E-state index < -0.39 is 12.1 Å². The second-order valence-corrected chi connectivity index (χ2v) is 12.1. The van der Waals surface area contributed by atoms with Crippen LogP contribution in [0.4, 0.5) is 0 Å². The number of hydrogen-bond donors (Lipinski definition) is 3. The highest BCUT2D eigenvalue weighted by Crippen LogP contribution is 2.33. The molecule has 0 spiro atoms. The summed E-state index contributed by atoms with van der Waals surface area (Å²) in [7, 11) is 3.45. The van der Waals surface area contributed by atoms with Gasteiger partial charge in [-0.25, -0.2) is 9.10 Å². The highest BCUT2D eigenvalue weighted by molar-refractivity contribution is 7.97. The molecule has 1 aliphatic carbocycles. The minimum Gasteiger partial charge on any atom is -0.496 e. The summed E-state index contributed by atoms with van der Waals surface area (Å²) in [4.78, 5) is 12.4. The number of ether oxygens (including phenoxy) is 1. The van der Waals surface area contributed by atoms with Crippen LogP contribution >= 0.6 is 11.9 Å². The molecule has 38 heavy (non-hydrogen) atoms. The van der Waals surface area contributed by atoms with Crippen LogP contribution in [-0.4, -0.2) is 59.4 Å². The fraction of sp³-hybridized carbons (Fsp3) is 0.387. The summed E-state index contributed by atoms with van der Waals surface area (Å²) in [5, 5.41) is 23.7. The molecule has 6 nitrogen and oxygen atoms in total. The van der Waals surface area contributed by atoms with Gasteiger partial charge in [0.1, 0.15) is 11.3 Å². The standard InChI is InChI=1S/C31H38N2O4S/c1-31(2,18-21-14-22-8-5-6-9-23(22)15-21)32-19-26(34)20-33(3)38-27-11-7-10-24(16-27)25-12-13-28(30(35)36)29(17-25)37-4/h5-13,16-17,21,26,32,34H,14-15,18-20H2,1-4H3,(H,35,36)/t26-/m1/s1. The first-order chi connectivity index (χ1) is 18.1. The van der Waals surface area contributed by atoms with Gasteiger partial charge in [0.25, 0.3) is 0 Å². The van der Waals surface area contributed by atoms with E-state index in [1.165, 1.54) is 18.2 Å². The number of aliphatic hydroxyl groups excluding tert-OH is 1. The largest absolute Gasteiger partial charge is 0.496 e. The Morgan fingerprint density at radius 1 is 1.08 bits per heavy atom. The molecular formula is C31H38N2O4S. The lowest BCUT2D eigenvalue weighted by molar-refractivity contribution is 0.0693. The molecule has 0 radical (unpaired) electrons. The molecule has 0 fully saturated rings. The molecule has 202 valence electrons. The lowest BCUT2D eigenvalue weighted by atomic mass is 9.88. The molecule has 1 atom stereocenters. The molecule has 0 bridgehead atoms. The Balaban J connectivity index is 1.28. The van der Waals surface area contributed by atoms with Crippen molar-refractivity contribution in [1.82, 2.24) is 9.62 Å². The van der Waals surface area contributed by atoms with Crippen molar-refractivity contribution < 1.29 is 19.7 Å². The first-order valence-corrected chi connectivity index (χ1v) is 13.8. The number of carbonyl (C=O) groups is 1. The van der Waals surface area contributed by atoms with E-state index in [4.69, 9.17) is 4.74 Å². The predicted octanol–water partition coefficient (Wildman–Crippen LogP) is 5.53. The third-order valence-electron chi connectivity index (χ3n) is 7.08. The van der Waals surface area contributed by atoms with Crippen LogP contribution in [0.5, 0.6) is 5.75 Å². The van der Waals surface area contributed by atoms with E-state index in [0.29, 0.717) is 24.8 Å². The molecule has 1 aliphatic rings. The maximum Gasteiger partial charge on any atom is 0.339 e. The number of carboxylic acids is 1. The van der Waals surface area contributed by atoms with Crippen LogP contribution in [0.3, 0.4) is 0 Å².